The maximum Gasteiger partial charge on any atom is 0.255 e. The minimum Gasteiger partial charge on any atom is -0.368 e. The molecule has 1 saturated heterocycles. The zero-order valence-electron chi connectivity index (χ0n) is 13.6. The lowest BCUT2D eigenvalue weighted by molar-refractivity contribution is -0.122. The lowest BCUT2D eigenvalue weighted by Gasteiger charge is -2.02. The van der Waals surface area contributed by atoms with Crippen LogP contribution in [0.1, 0.15) is 30.7 Å². The van der Waals surface area contributed by atoms with Gasteiger partial charge in [-0.2, -0.15) is 20.0 Å². The van der Waals surface area contributed by atoms with Gasteiger partial charge in [0.1, 0.15) is 23.7 Å². The van der Waals surface area contributed by atoms with Gasteiger partial charge in [0.25, 0.3) is 5.89 Å². The number of aromatic nitrogens is 5. The summed E-state index contributed by atoms with van der Waals surface area (Å²) in [5, 5.41) is 15.2. The van der Waals surface area contributed by atoms with Gasteiger partial charge in [0.15, 0.2) is 5.82 Å². The third kappa shape index (κ3) is 3.66. The van der Waals surface area contributed by atoms with Gasteiger partial charge >= 0.3 is 0 Å². The number of nitrogens with one attached hydrogen (secondary N) is 1. The highest BCUT2D eigenvalue weighted by molar-refractivity contribution is 5.77. The molecule has 1 aliphatic rings. The Hall–Kier alpha value is -2.81. The molecule has 3 heterocycles. The number of carbonyl (C=O) groups excluding carboxylic acids is 1. The SMILES string of the molecule is O=C(Cn1nc2ccccc2n1)NCCc1noc(C2CCCO2)n1. The summed E-state index contributed by atoms with van der Waals surface area (Å²) < 4.78 is 10.7. The fraction of sp³-hybridized carbons (Fsp3) is 0.438. The standard InChI is InChI=1S/C16H18N6O3/c23-15(10-22-19-11-4-1-2-5-12(11)20-22)17-8-7-14-18-16(25-21-14)13-6-3-9-24-13/h1-2,4-5,13H,3,6-10H2,(H,17,23). The van der Waals surface area contributed by atoms with Gasteiger partial charge in [0, 0.05) is 19.6 Å². The van der Waals surface area contributed by atoms with Crippen molar-refractivity contribution in [3.63, 3.8) is 0 Å². The van der Waals surface area contributed by atoms with E-state index in [-0.39, 0.29) is 18.6 Å². The second-order valence-electron chi connectivity index (χ2n) is 5.87. The fourth-order valence-electron chi connectivity index (χ4n) is 2.75. The molecule has 9 nitrogen and oxygen atoms in total. The molecule has 130 valence electrons. The Balaban J connectivity index is 1.26. The topological polar surface area (TPSA) is 108 Å². The van der Waals surface area contributed by atoms with Crippen LogP contribution in [0.5, 0.6) is 0 Å². The monoisotopic (exact) mass is 342 g/mol. The molecular formula is C16H18N6O3. The van der Waals surface area contributed by atoms with Crippen molar-refractivity contribution >= 4 is 16.9 Å². The van der Waals surface area contributed by atoms with E-state index in [0.717, 1.165) is 30.5 Å². The molecule has 1 fully saturated rings. The minimum absolute atomic E-state index is 0.0715. The normalized spacial score (nSPS) is 17.2. The summed E-state index contributed by atoms with van der Waals surface area (Å²) in [5.41, 5.74) is 1.53. The van der Waals surface area contributed by atoms with Crippen LogP contribution in [0.2, 0.25) is 0 Å². The number of rotatable bonds is 6. The van der Waals surface area contributed by atoms with Gasteiger partial charge in [0.2, 0.25) is 5.91 Å². The first kappa shape index (κ1) is 15.7. The second-order valence-corrected chi connectivity index (χ2v) is 5.87. The van der Waals surface area contributed by atoms with Crippen molar-refractivity contribution in [2.24, 2.45) is 0 Å². The highest BCUT2D eigenvalue weighted by Crippen LogP contribution is 2.26. The van der Waals surface area contributed by atoms with Gasteiger partial charge in [-0.1, -0.05) is 17.3 Å². The average Bonchev–Trinajstić information content (AvgIpc) is 3.34. The molecule has 0 saturated carbocycles. The Kier molecular flexibility index (Phi) is 4.38. The molecule has 3 aromatic rings. The van der Waals surface area contributed by atoms with Crippen LogP contribution < -0.4 is 5.32 Å². The lowest BCUT2D eigenvalue weighted by atomic mass is 10.2. The van der Waals surface area contributed by atoms with Crippen LogP contribution in [0.25, 0.3) is 11.0 Å². The Bertz CT molecular complexity index is 835. The molecule has 2 aromatic heterocycles. The first-order chi connectivity index (χ1) is 12.3. The van der Waals surface area contributed by atoms with E-state index < -0.39 is 0 Å². The van der Waals surface area contributed by atoms with Gasteiger partial charge in [-0.05, 0) is 25.0 Å². The zero-order valence-corrected chi connectivity index (χ0v) is 13.6. The molecule has 1 aromatic carbocycles. The number of amides is 1. The van der Waals surface area contributed by atoms with E-state index in [2.05, 4.69) is 25.7 Å². The molecule has 1 N–H and O–H groups in total. The number of carbonyl (C=O) groups is 1. The molecule has 25 heavy (non-hydrogen) atoms. The highest BCUT2D eigenvalue weighted by atomic mass is 16.5. The molecule has 0 spiro atoms. The largest absolute Gasteiger partial charge is 0.368 e. The number of nitrogens with zero attached hydrogens (tertiary/aromatic N) is 5. The van der Waals surface area contributed by atoms with E-state index in [0.29, 0.717) is 24.7 Å². The molecule has 1 atom stereocenters. The van der Waals surface area contributed by atoms with E-state index in [1.807, 2.05) is 24.3 Å². The van der Waals surface area contributed by atoms with Crippen molar-refractivity contribution in [1.29, 1.82) is 0 Å². The number of hydrogen-bond acceptors (Lipinski definition) is 7. The average molecular weight is 342 g/mol. The van der Waals surface area contributed by atoms with Crippen LogP contribution in [-0.4, -0.2) is 44.2 Å². The molecule has 0 bridgehead atoms. The van der Waals surface area contributed by atoms with Crippen molar-refractivity contribution in [2.75, 3.05) is 13.2 Å². The molecule has 0 radical (unpaired) electrons. The van der Waals surface area contributed by atoms with Crippen molar-refractivity contribution in [3.8, 4) is 0 Å². The van der Waals surface area contributed by atoms with E-state index in [4.69, 9.17) is 9.26 Å². The maximum absolute atomic E-state index is 12.0. The van der Waals surface area contributed by atoms with Gasteiger partial charge in [-0.15, -0.1) is 0 Å². The van der Waals surface area contributed by atoms with Crippen LogP contribution in [0.3, 0.4) is 0 Å². The third-order valence-corrected chi connectivity index (χ3v) is 3.97. The van der Waals surface area contributed by atoms with Gasteiger partial charge in [-0.25, -0.2) is 0 Å². The summed E-state index contributed by atoms with van der Waals surface area (Å²) >= 11 is 0. The summed E-state index contributed by atoms with van der Waals surface area (Å²) in [5.74, 6) is 0.920. The number of hydrogen-bond donors (Lipinski definition) is 1. The quantitative estimate of drug-likeness (QED) is 0.712. The molecule has 4 rings (SSSR count). The summed E-state index contributed by atoms with van der Waals surface area (Å²) in [4.78, 5) is 17.7. The van der Waals surface area contributed by atoms with Crippen molar-refractivity contribution < 1.29 is 14.1 Å². The molecule has 0 aliphatic carbocycles. The molecule has 1 unspecified atom stereocenters. The molecular weight excluding hydrogens is 324 g/mol. The minimum atomic E-state index is -0.164. The van der Waals surface area contributed by atoms with Crippen LogP contribution >= 0.6 is 0 Å². The summed E-state index contributed by atoms with van der Waals surface area (Å²) in [6, 6.07) is 7.49. The predicted octanol–water partition coefficient (Wildman–Crippen LogP) is 1.02. The molecule has 1 aliphatic heterocycles. The second kappa shape index (κ2) is 6.98. The zero-order chi connectivity index (χ0) is 17.1. The Morgan fingerprint density at radius 1 is 1.28 bits per heavy atom. The summed E-state index contributed by atoms with van der Waals surface area (Å²) in [7, 11) is 0. The van der Waals surface area contributed by atoms with Crippen molar-refractivity contribution in [3.05, 3.63) is 36.0 Å². The number of fused-ring (bicyclic) bond motifs is 1. The number of benzene rings is 1. The maximum atomic E-state index is 12.0. The van der Waals surface area contributed by atoms with Crippen LogP contribution in [-0.2, 0) is 22.5 Å². The number of ether oxygens (including phenoxy) is 1. The van der Waals surface area contributed by atoms with Crippen molar-refractivity contribution in [2.45, 2.75) is 31.9 Å². The van der Waals surface area contributed by atoms with Crippen molar-refractivity contribution in [1.82, 2.24) is 30.5 Å². The summed E-state index contributed by atoms with van der Waals surface area (Å²) in [6.45, 7) is 1.22. The fourth-order valence-corrected chi connectivity index (χ4v) is 2.75. The van der Waals surface area contributed by atoms with E-state index >= 15 is 0 Å². The molecule has 9 heteroatoms. The molecule has 1 amide bonds. The lowest BCUT2D eigenvalue weighted by Crippen LogP contribution is -2.30. The smallest absolute Gasteiger partial charge is 0.255 e. The van der Waals surface area contributed by atoms with Crippen LogP contribution in [0.15, 0.2) is 28.8 Å². The van der Waals surface area contributed by atoms with E-state index in [9.17, 15) is 4.79 Å². The Morgan fingerprint density at radius 2 is 2.08 bits per heavy atom. The van der Waals surface area contributed by atoms with E-state index in [1.165, 1.54) is 4.80 Å². The summed E-state index contributed by atoms with van der Waals surface area (Å²) in [6.07, 6.45) is 2.32. The first-order valence-electron chi connectivity index (χ1n) is 8.28. The Labute approximate surface area is 143 Å². The predicted molar refractivity (Wildman–Crippen MR) is 86.5 cm³/mol. The van der Waals surface area contributed by atoms with E-state index in [1.54, 1.807) is 0 Å². The van der Waals surface area contributed by atoms with Crippen LogP contribution in [0.4, 0.5) is 0 Å². The van der Waals surface area contributed by atoms with Crippen LogP contribution in [0, 0.1) is 0 Å². The highest BCUT2D eigenvalue weighted by Gasteiger charge is 2.23. The van der Waals surface area contributed by atoms with Gasteiger partial charge < -0.3 is 14.6 Å². The van der Waals surface area contributed by atoms with Gasteiger partial charge in [-0.3, -0.25) is 4.79 Å². The Morgan fingerprint density at radius 3 is 2.80 bits per heavy atom. The van der Waals surface area contributed by atoms with Gasteiger partial charge in [0.05, 0.1) is 0 Å². The first-order valence-corrected chi connectivity index (χ1v) is 8.28. The third-order valence-electron chi connectivity index (χ3n) is 3.97.